The summed E-state index contributed by atoms with van der Waals surface area (Å²) in [4.78, 5) is 8.98. The highest BCUT2D eigenvalue weighted by molar-refractivity contribution is 7.99. The van der Waals surface area contributed by atoms with Gasteiger partial charge in [-0.05, 0) is 17.5 Å². The highest BCUT2D eigenvalue weighted by atomic mass is 32.2. The summed E-state index contributed by atoms with van der Waals surface area (Å²) >= 11 is 1.77. The van der Waals surface area contributed by atoms with Crippen molar-refractivity contribution in [2.75, 3.05) is 5.75 Å². The van der Waals surface area contributed by atoms with Crippen molar-refractivity contribution in [3.63, 3.8) is 0 Å². The molecule has 0 atom stereocenters. The molecule has 0 aliphatic carbocycles. The van der Waals surface area contributed by atoms with E-state index in [1.807, 2.05) is 30.5 Å². The van der Waals surface area contributed by atoms with E-state index in [-0.39, 0.29) is 0 Å². The lowest BCUT2D eigenvalue weighted by Gasteiger charge is -2.16. The minimum Gasteiger partial charge on any atom is -0.252 e. The first kappa shape index (κ1) is 11.4. The van der Waals surface area contributed by atoms with Crippen molar-refractivity contribution in [1.82, 2.24) is 9.97 Å². The van der Waals surface area contributed by atoms with E-state index in [0.717, 1.165) is 21.8 Å². The summed E-state index contributed by atoms with van der Waals surface area (Å²) in [5, 5.41) is 1.01. The van der Waals surface area contributed by atoms with Crippen molar-refractivity contribution in [3.8, 4) is 0 Å². The molecule has 2 aromatic rings. The van der Waals surface area contributed by atoms with Crippen LogP contribution in [-0.2, 0) is 0 Å². The van der Waals surface area contributed by atoms with E-state index in [9.17, 15) is 0 Å². The third-order valence-electron chi connectivity index (χ3n) is 2.08. The number of aromatic nitrogens is 2. The summed E-state index contributed by atoms with van der Waals surface area (Å²) in [5.74, 6) is 1.06. The van der Waals surface area contributed by atoms with Crippen LogP contribution >= 0.6 is 11.8 Å². The fourth-order valence-corrected chi connectivity index (χ4v) is 2.17. The van der Waals surface area contributed by atoms with Crippen LogP contribution in [0.1, 0.15) is 20.8 Å². The lowest BCUT2D eigenvalue weighted by Crippen LogP contribution is -2.08. The van der Waals surface area contributed by atoms with Crippen LogP contribution in [0.5, 0.6) is 0 Å². The molecular weight excluding hydrogens is 216 g/mol. The van der Waals surface area contributed by atoms with E-state index in [1.165, 1.54) is 0 Å². The number of rotatable bonds is 2. The second kappa shape index (κ2) is 4.42. The molecule has 2 nitrogen and oxygen atoms in total. The Morgan fingerprint density at radius 3 is 2.50 bits per heavy atom. The summed E-state index contributed by atoms with van der Waals surface area (Å²) in [6.45, 7) is 6.69. The zero-order chi connectivity index (χ0) is 11.6. The van der Waals surface area contributed by atoms with Crippen LogP contribution in [0.15, 0.2) is 35.5 Å². The van der Waals surface area contributed by atoms with Crippen molar-refractivity contribution in [2.24, 2.45) is 5.41 Å². The molecule has 0 N–H and O–H groups in total. The molecule has 0 spiro atoms. The number of hydrogen-bond acceptors (Lipinski definition) is 3. The number of benzene rings is 1. The van der Waals surface area contributed by atoms with Crippen LogP contribution in [0.3, 0.4) is 0 Å². The maximum Gasteiger partial charge on any atom is 0.115 e. The normalized spacial score (nSPS) is 11.9. The molecule has 1 aromatic carbocycles. The summed E-state index contributed by atoms with van der Waals surface area (Å²) in [6, 6.07) is 7.97. The van der Waals surface area contributed by atoms with E-state index in [0.29, 0.717) is 5.41 Å². The van der Waals surface area contributed by atoms with E-state index in [2.05, 4.69) is 30.7 Å². The lowest BCUT2D eigenvalue weighted by atomic mass is 10.0. The molecule has 0 saturated carbocycles. The Kier molecular flexibility index (Phi) is 3.15. The first-order valence-electron chi connectivity index (χ1n) is 5.39. The number of para-hydroxylation sites is 2. The van der Waals surface area contributed by atoms with E-state index in [4.69, 9.17) is 0 Å². The van der Waals surface area contributed by atoms with Crippen LogP contribution in [0.25, 0.3) is 11.0 Å². The number of thioether (sulfide) groups is 1. The molecule has 0 bridgehead atoms. The van der Waals surface area contributed by atoms with Gasteiger partial charge in [-0.3, -0.25) is 4.98 Å². The van der Waals surface area contributed by atoms with Gasteiger partial charge in [0.1, 0.15) is 5.03 Å². The van der Waals surface area contributed by atoms with Gasteiger partial charge in [0.25, 0.3) is 0 Å². The minimum absolute atomic E-state index is 0.317. The van der Waals surface area contributed by atoms with Crippen molar-refractivity contribution in [1.29, 1.82) is 0 Å². The predicted octanol–water partition coefficient (Wildman–Crippen LogP) is 3.77. The van der Waals surface area contributed by atoms with Crippen molar-refractivity contribution in [2.45, 2.75) is 25.8 Å². The molecule has 0 saturated heterocycles. The highest BCUT2D eigenvalue weighted by Crippen LogP contribution is 2.26. The first-order chi connectivity index (χ1) is 7.54. The molecule has 2 rings (SSSR count). The maximum absolute atomic E-state index is 4.58. The van der Waals surface area contributed by atoms with Gasteiger partial charge in [-0.2, -0.15) is 0 Å². The second-order valence-corrected chi connectivity index (χ2v) is 6.04. The van der Waals surface area contributed by atoms with Crippen LogP contribution < -0.4 is 0 Å². The molecule has 84 valence electrons. The van der Waals surface area contributed by atoms with Gasteiger partial charge in [-0.15, -0.1) is 11.8 Å². The van der Waals surface area contributed by atoms with Crippen LogP contribution in [0, 0.1) is 5.41 Å². The maximum atomic E-state index is 4.58. The summed E-state index contributed by atoms with van der Waals surface area (Å²) in [7, 11) is 0. The van der Waals surface area contributed by atoms with Crippen LogP contribution in [0.4, 0.5) is 0 Å². The fourth-order valence-electron chi connectivity index (χ4n) is 1.30. The Labute approximate surface area is 101 Å². The zero-order valence-corrected chi connectivity index (χ0v) is 10.7. The largest absolute Gasteiger partial charge is 0.252 e. The quantitative estimate of drug-likeness (QED) is 0.737. The molecule has 0 radical (unpaired) electrons. The second-order valence-electron chi connectivity index (χ2n) is 5.05. The Morgan fingerprint density at radius 2 is 1.81 bits per heavy atom. The molecule has 1 aromatic heterocycles. The first-order valence-corrected chi connectivity index (χ1v) is 6.38. The van der Waals surface area contributed by atoms with Crippen molar-refractivity contribution >= 4 is 22.8 Å². The smallest absolute Gasteiger partial charge is 0.115 e. The monoisotopic (exact) mass is 232 g/mol. The fraction of sp³-hybridized carbons (Fsp3) is 0.385. The molecule has 0 aliphatic rings. The lowest BCUT2D eigenvalue weighted by molar-refractivity contribution is 0.480. The Hall–Kier alpha value is -1.09. The molecule has 0 amide bonds. The molecule has 0 fully saturated rings. The summed E-state index contributed by atoms with van der Waals surface area (Å²) < 4.78 is 0. The topological polar surface area (TPSA) is 25.8 Å². The number of nitrogens with zero attached hydrogens (tertiary/aromatic N) is 2. The van der Waals surface area contributed by atoms with Crippen LogP contribution in [-0.4, -0.2) is 15.7 Å². The highest BCUT2D eigenvalue weighted by Gasteiger charge is 2.11. The Balaban J connectivity index is 2.20. The molecule has 1 heterocycles. The van der Waals surface area contributed by atoms with E-state index in [1.54, 1.807) is 11.8 Å². The molecule has 0 aliphatic heterocycles. The predicted molar refractivity (Wildman–Crippen MR) is 69.7 cm³/mol. The van der Waals surface area contributed by atoms with E-state index >= 15 is 0 Å². The third kappa shape index (κ3) is 2.95. The van der Waals surface area contributed by atoms with Gasteiger partial charge in [0, 0.05) is 5.75 Å². The average molecular weight is 232 g/mol. The van der Waals surface area contributed by atoms with Gasteiger partial charge in [0.05, 0.1) is 17.2 Å². The third-order valence-corrected chi connectivity index (χ3v) is 3.58. The Morgan fingerprint density at radius 1 is 1.12 bits per heavy atom. The molecule has 0 unspecified atom stereocenters. The number of hydrogen-bond donors (Lipinski definition) is 0. The molecule has 3 heteroatoms. The van der Waals surface area contributed by atoms with E-state index < -0.39 is 0 Å². The summed E-state index contributed by atoms with van der Waals surface area (Å²) in [6.07, 6.45) is 1.86. The standard InChI is InChI=1S/C13H16N2S/c1-13(2,3)9-16-12-8-14-10-6-4-5-7-11(10)15-12/h4-8H,9H2,1-3H3. The minimum atomic E-state index is 0.317. The van der Waals surface area contributed by atoms with Gasteiger partial charge in [-0.1, -0.05) is 32.9 Å². The van der Waals surface area contributed by atoms with Crippen LogP contribution in [0.2, 0.25) is 0 Å². The summed E-state index contributed by atoms with van der Waals surface area (Å²) in [5.41, 5.74) is 2.25. The molecular formula is C13H16N2S. The van der Waals surface area contributed by atoms with Gasteiger partial charge in [0.15, 0.2) is 0 Å². The van der Waals surface area contributed by atoms with Gasteiger partial charge in [-0.25, -0.2) is 4.98 Å². The zero-order valence-electron chi connectivity index (χ0n) is 9.90. The Bertz CT molecular complexity index is 489. The average Bonchev–Trinajstić information content (AvgIpc) is 2.25. The van der Waals surface area contributed by atoms with Gasteiger partial charge in [0.2, 0.25) is 0 Å². The molecule has 16 heavy (non-hydrogen) atoms. The van der Waals surface area contributed by atoms with Crippen molar-refractivity contribution < 1.29 is 0 Å². The van der Waals surface area contributed by atoms with Crippen molar-refractivity contribution in [3.05, 3.63) is 30.5 Å². The number of fused-ring (bicyclic) bond motifs is 1. The SMILES string of the molecule is CC(C)(C)CSc1cnc2ccccc2n1. The van der Waals surface area contributed by atoms with Gasteiger partial charge < -0.3 is 0 Å². The van der Waals surface area contributed by atoms with Gasteiger partial charge >= 0.3 is 0 Å².